The van der Waals surface area contributed by atoms with Crippen LogP contribution in [0.4, 0.5) is 14.5 Å². The average Bonchev–Trinajstić information content (AvgIpc) is 2.94. The third kappa shape index (κ3) is 6.11. The Morgan fingerprint density at radius 1 is 0.974 bits per heavy atom. The van der Waals surface area contributed by atoms with E-state index in [2.05, 4.69) is 5.32 Å². The van der Waals surface area contributed by atoms with Crippen LogP contribution >= 0.6 is 0 Å². The Morgan fingerprint density at radius 2 is 1.64 bits per heavy atom. The van der Waals surface area contributed by atoms with Gasteiger partial charge in [0.25, 0.3) is 10.0 Å². The average molecular weight is 560 g/mol. The number of fused-ring (bicyclic) bond motifs is 1. The Labute approximate surface area is 225 Å². The fourth-order valence-electron chi connectivity index (χ4n) is 4.05. The van der Waals surface area contributed by atoms with Gasteiger partial charge in [0.1, 0.15) is 37.4 Å². The Bertz CT molecular complexity index is 1470. The van der Waals surface area contributed by atoms with Gasteiger partial charge in [0.05, 0.1) is 10.6 Å². The highest BCUT2D eigenvalue weighted by molar-refractivity contribution is 7.92. The van der Waals surface area contributed by atoms with Crippen LogP contribution in [-0.2, 0) is 26.2 Å². The second-order valence-corrected chi connectivity index (χ2v) is 10.6. The number of hydrogen-bond acceptors (Lipinski definition) is 6. The first-order valence-electron chi connectivity index (χ1n) is 12.0. The first-order chi connectivity index (χ1) is 18.6. The summed E-state index contributed by atoms with van der Waals surface area (Å²) in [6.07, 6.45) is 0. The number of carbonyl (C=O) groups is 2. The number of sulfonamides is 1. The van der Waals surface area contributed by atoms with E-state index in [1.807, 2.05) is 0 Å². The number of hydrogen-bond donors (Lipinski definition) is 1. The lowest BCUT2D eigenvalue weighted by molar-refractivity contribution is -0.139. The second kappa shape index (κ2) is 11.7. The fraction of sp³-hybridized carbons (Fsp3) is 0.259. The predicted molar refractivity (Wildman–Crippen MR) is 139 cm³/mol. The molecule has 1 heterocycles. The van der Waals surface area contributed by atoms with E-state index in [9.17, 15) is 26.8 Å². The molecule has 0 bridgehead atoms. The van der Waals surface area contributed by atoms with Gasteiger partial charge in [-0.1, -0.05) is 18.2 Å². The zero-order chi connectivity index (χ0) is 28.2. The number of likely N-dealkylation sites (N-methyl/N-ethyl adjacent to an activating group) is 1. The van der Waals surface area contributed by atoms with Crippen molar-refractivity contribution in [3.8, 4) is 11.5 Å². The van der Waals surface area contributed by atoms with Gasteiger partial charge in [-0.3, -0.25) is 13.9 Å². The summed E-state index contributed by atoms with van der Waals surface area (Å²) in [5, 5.41) is 2.45. The molecular formula is C27H27F2N3O6S. The predicted octanol–water partition coefficient (Wildman–Crippen LogP) is 3.09. The second-order valence-electron chi connectivity index (χ2n) is 8.70. The topological polar surface area (TPSA) is 105 Å². The molecule has 1 atom stereocenters. The van der Waals surface area contributed by atoms with E-state index in [0.29, 0.717) is 12.4 Å². The minimum Gasteiger partial charge on any atom is -0.486 e. The molecule has 3 aromatic carbocycles. The normalized spacial score (nSPS) is 13.3. The lowest BCUT2D eigenvalue weighted by Gasteiger charge is -2.32. The van der Waals surface area contributed by atoms with Gasteiger partial charge in [-0.15, -0.1) is 0 Å². The molecule has 0 fully saturated rings. The first kappa shape index (κ1) is 27.8. The van der Waals surface area contributed by atoms with Crippen LogP contribution in [0.25, 0.3) is 0 Å². The quantitative estimate of drug-likeness (QED) is 0.432. The van der Waals surface area contributed by atoms with Gasteiger partial charge in [-0.05, 0) is 49.4 Å². The highest BCUT2D eigenvalue weighted by atomic mass is 32.2. The van der Waals surface area contributed by atoms with Crippen molar-refractivity contribution >= 4 is 27.5 Å². The van der Waals surface area contributed by atoms with E-state index < -0.39 is 46.1 Å². The van der Waals surface area contributed by atoms with Gasteiger partial charge >= 0.3 is 0 Å². The molecule has 0 saturated heterocycles. The van der Waals surface area contributed by atoms with Crippen molar-refractivity contribution in [3.63, 3.8) is 0 Å². The minimum absolute atomic E-state index is 0.0121. The Kier molecular flexibility index (Phi) is 8.34. The Hall–Kier alpha value is -4.19. The largest absolute Gasteiger partial charge is 0.486 e. The molecule has 0 spiro atoms. The molecule has 1 aliphatic rings. The number of ether oxygens (including phenoxy) is 2. The van der Waals surface area contributed by atoms with E-state index >= 15 is 0 Å². The maximum atomic E-state index is 14.5. The smallest absolute Gasteiger partial charge is 0.264 e. The van der Waals surface area contributed by atoms with Crippen molar-refractivity contribution in [3.05, 3.63) is 83.9 Å². The van der Waals surface area contributed by atoms with Crippen LogP contribution in [0.15, 0.2) is 71.6 Å². The van der Waals surface area contributed by atoms with Crippen LogP contribution in [0.2, 0.25) is 0 Å². The van der Waals surface area contributed by atoms with Gasteiger partial charge in [0.15, 0.2) is 11.5 Å². The van der Waals surface area contributed by atoms with Crippen LogP contribution < -0.4 is 19.1 Å². The van der Waals surface area contributed by atoms with E-state index in [4.69, 9.17) is 9.47 Å². The number of nitrogens with zero attached hydrogens (tertiary/aromatic N) is 2. The van der Waals surface area contributed by atoms with E-state index in [1.165, 1.54) is 62.5 Å². The molecule has 12 heteroatoms. The molecule has 206 valence electrons. The summed E-state index contributed by atoms with van der Waals surface area (Å²) in [5.74, 6) is -1.89. The zero-order valence-electron chi connectivity index (χ0n) is 21.3. The Morgan fingerprint density at radius 3 is 2.31 bits per heavy atom. The molecule has 0 saturated carbocycles. The molecule has 0 aromatic heterocycles. The summed E-state index contributed by atoms with van der Waals surface area (Å²) < 4.78 is 67.7. The summed E-state index contributed by atoms with van der Waals surface area (Å²) in [6, 6.07) is 13.3. The molecule has 0 radical (unpaired) electrons. The van der Waals surface area contributed by atoms with E-state index in [0.717, 1.165) is 21.3 Å². The summed E-state index contributed by atoms with van der Waals surface area (Å²) >= 11 is 0. The molecule has 9 nitrogen and oxygen atoms in total. The number of nitrogens with one attached hydrogen (secondary N) is 1. The van der Waals surface area contributed by atoms with E-state index in [1.54, 1.807) is 6.07 Å². The summed E-state index contributed by atoms with van der Waals surface area (Å²) in [7, 11) is -3.02. The van der Waals surface area contributed by atoms with Crippen molar-refractivity contribution in [2.75, 3.05) is 31.1 Å². The lowest BCUT2D eigenvalue weighted by Crippen LogP contribution is -2.50. The van der Waals surface area contributed by atoms with Crippen molar-refractivity contribution in [1.29, 1.82) is 0 Å². The molecule has 3 aromatic rings. The maximum absolute atomic E-state index is 14.5. The first-order valence-corrected chi connectivity index (χ1v) is 13.5. The standard InChI is InChI=1S/C27H27F2N3O6S/c1-18(27(34)30-2)31(16-19-5-3-4-6-23(19)29)26(33)17-32(21-9-7-20(28)8-10-21)39(35,36)22-11-12-24-25(15-22)38-14-13-37-24/h3-12,15,18H,13-14,16-17H2,1-2H3,(H,30,34)/t18-/m1/s1. The molecule has 2 amide bonds. The third-order valence-electron chi connectivity index (χ3n) is 6.21. The minimum atomic E-state index is -4.41. The number of rotatable bonds is 9. The molecule has 1 aliphatic heterocycles. The fourth-order valence-corrected chi connectivity index (χ4v) is 5.48. The summed E-state index contributed by atoms with van der Waals surface area (Å²) in [5.41, 5.74) is 0.155. The van der Waals surface area contributed by atoms with Crippen molar-refractivity contribution in [1.82, 2.24) is 10.2 Å². The van der Waals surface area contributed by atoms with Crippen LogP contribution in [0.3, 0.4) is 0 Å². The van der Waals surface area contributed by atoms with Gasteiger partial charge in [0, 0.05) is 25.2 Å². The van der Waals surface area contributed by atoms with Crippen LogP contribution in [0.1, 0.15) is 12.5 Å². The number of anilines is 1. The van der Waals surface area contributed by atoms with Gasteiger partial charge in [0.2, 0.25) is 11.8 Å². The van der Waals surface area contributed by atoms with E-state index in [-0.39, 0.29) is 35.0 Å². The maximum Gasteiger partial charge on any atom is 0.264 e. The SMILES string of the molecule is CNC(=O)[C@@H](C)N(Cc1ccccc1F)C(=O)CN(c1ccc(F)cc1)S(=O)(=O)c1ccc2c(c1)OCCO2. The van der Waals surface area contributed by atoms with Gasteiger partial charge in [-0.25, -0.2) is 17.2 Å². The van der Waals surface area contributed by atoms with Crippen molar-refractivity contribution < 1.29 is 36.3 Å². The molecule has 0 unspecified atom stereocenters. The summed E-state index contributed by atoms with van der Waals surface area (Å²) in [6.45, 7) is 0.963. The highest BCUT2D eigenvalue weighted by Gasteiger charge is 2.33. The summed E-state index contributed by atoms with van der Waals surface area (Å²) in [4.78, 5) is 27.1. The van der Waals surface area contributed by atoms with Crippen molar-refractivity contribution in [2.24, 2.45) is 0 Å². The number of halogens is 2. The lowest BCUT2D eigenvalue weighted by atomic mass is 10.1. The van der Waals surface area contributed by atoms with Crippen LogP contribution in [-0.4, -0.2) is 58.0 Å². The molecule has 1 N–H and O–H groups in total. The highest BCUT2D eigenvalue weighted by Crippen LogP contribution is 2.34. The van der Waals surface area contributed by atoms with Gasteiger partial charge < -0.3 is 19.7 Å². The number of amides is 2. The molecule has 4 rings (SSSR count). The monoisotopic (exact) mass is 559 g/mol. The van der Waals surface area contributed by atoms with Gasteiger partial charge in [-0.2, -0.15) is 0 Å². The number of carbonyl (C=O) groups excluding carboxylic acids is 2. The zero-order valence-corrected chi connectivity index (χ0v) is 22.1. The number of benzene rings is 3. The molecular weight excluding hydrogens is 532 g/mol. The van der Waals surface area contributed by atoms with Crippen LogP contribution in [0.5, 0.6) is 11.5 Å². The Balaban J connectivity index is 1.73. The van der Waals surface area contributed by atoms with Crippen LogP contribution in [0, 0.1) is 11.6 Å². The third-order valence-corrected chi connectivity index (χ3v) is 7.98. The molecule has 0 aliphatic carbocycles. The van der Waals surface area contributed by atoms with Crippen molar-refractivity contribution in [2.45, 2.75) is 24.4 Å². The molecule has 39 heavy (non-hydrogen) atoms.